The number of nitrogens with one attached hydrogen (secondary N) is 1. The number of fused-ring (bicyclic) bond motifs is 1. The van der Waals surface area contributed by atoms with Crippen LogP contribution in [0.2, 0.25) is 0 Å². The molecule has 1 unspecified atom stereocenters. The molecule has 2 aromatic rings. The molecule has 1 aromatic heterocycles. The fraction of sp³-hybridized carbons (Fsp3) is 0.333. The molecule has 22 heavy (non-hydrogen) atoms. The highest BCUT2D eigenvalue weighted by molar-refractivity contribution is 5.99. The molecule has 7 heteroatoms. The van der Waals surface area contributed by atoms with Gasteiger partial charge in [-0.25, -0.2) is 9.18 Å². The first-order valence-corrected chi connectivity index (χ1v) is 6.81. The minimum absolute atomic E-state index is 0.0837. The number of ether oxygens (including phenoxy) is 1. The van der Waals surface area contributed by atoms with Crippen LogP contribution in [0.25, 0.3) is 10.9 Å². The first-order chi connectivity index (χ1) is 10.4. The van der Waals surface area contributed by atoms with Crippen molar-refractivity contribution in [2.75, 3.05) is 20.2 Å². The molecule has 116 valence electrons. The Morgan fingerprint density at radius 2 is 2.18 bits per heavy atom. The van der Waals surface area contributed by atoms with Gasteiger partial charge in [0.2, 0.25) is 5.67 Å². The molecule has 1 aliphatic rings. The normalized spacial score (nSPS) is 21.3. The molecular weight excluding hydrogens is 291 g/mol. The lowest BCUT2D eigenvalue weighted by molar-refractivity contribution is -0.149. The maximum absolute atomic E-state index is 14.0. The summed E-state index contributed by atoms with van der Waals surface area (Å²) in [5.74, 6) is -1.26. The summed E-state index contributed by atoms with van der Waals surface area (Å²) in [6, 6.07) is 6.98. The number of hydrogen-bond acceptors (Lipinski definition) is 3. The van der Waals surface area contributed by atoms with Gasteiger partial charge in [0.15, 0.2) is 0 Å². The molecule has 0 radical (unpaired) electrons. The molecule has 0 bridgehead atoms. The van der Waals surface area contributed by atoms with Gasteiger partial charge in [0.1, 0.15) is 11.4 Å². The minimum atomic E-state index is -2.36. The van der Waals surface area contributed by atoms with Crippen molar-refractivity contribution >= 4 is 22.8 Å². The highest BCUT2D eigenvalue weighted by Crippen LogP contribution is 2.28. The van der Waals surface area contributed by atoms with E-state index >= 15 is 0 Å². The van der Waals surface area contributed by atoms with Gasteiger partial charge < -0.3 is 19.7 Å². The number of carboxylic acids is 1. The van der Waals surface area contributed by atoms with Crippen LogP contribution in [0.4, 0.5) is 4.39 Å². The number of halogens is 1. The topological polar surface area (TPSA) is 82.6 Å². The van der Waals surface area contributed by atoms with E-state index in [4.69, 9.17) is 9.84 Å². The zero-order chi connectivity index (χ0) is 15.9. The average molecular weight is 306 g/mol. The number of rotatable bonds is 3. The van der Waals surface area contributed by atoms with Crippen molar-refractivity contribution in [2.45, 2.75) is 12.1 Å². The van der Waals surface area contributed by atoms with Crippen molar-refractivity contribution in [2.24, 2.45) is 0 Å². The number of amides is 1. The molecule has 6 nitrogen and oxygen atoms in total. The number of nitrogens with zero attached hydrogens (tertiary/aromatic N) is 1. The van der Waals surface area contributed by atoms with E-state index in [1.807, 2.05) is 0 Å². The van der Waals surface area contributed by atoms with E-state index < -0.39 is 24.1 Å². The maximum atomic E-state index is 14.0. The van der Waals surface area contributed by atoms with Crippen molar-refractivity contribution < 1.29 is 23.8 Å². The first-order valence-electron chi connectivity index (χ1n) is 6.81. The lowest BCUT2D eigenvalue weighted by Gasteiger charge is -2.16. The number of methoxy groups -OCH3 is 1. The van der Waals surface area contributed by atoms with Gasteiger partial charge in [0, 0.05) is 23.9 Å². The summed E-state index contributed by atoms with van der Waals surface area (Å²) in [5, 5.41) is 9.68. The summed E-state index contributed by atoms with van der Waals surface area (Å²) in [6.45, 7) is -0.347. The van der Waals surface area contributed by atoms with E-state index in [0.717, 1.165) is 10.9 Å². The second-order valence-electron chi connectivity index (χ2n) is 5.38. The number of likely N-dealkylation sites (tertiary alicyclic amines) is 1. The number of aromatic nitrogens is 1. The van der Waals surface area contributed by atoms with Crippen LogP contribution in [-0.2, 0) is 4.79 Å². The van der Waals surface area contributed by atoms with Crippen LogP contribution < -0.4 is 4.74 Å². The number of benzene rings is 1. The van der Waals surface area contributed by atoms with Gasteiger partial charge in [0.05, 0.1) is 13.7 Å². The molecule has 1 amide bonds. The van der Waals surface area contributed by atoms with Crippen molar-refractivity contribution in [3.05, 3.63) is 30.0 Å². The molecular formula is C15H15FN2O4. The highest BCUT2D eigenvalue weighted by Gasteiger charge is 2.47. The van der Waals surface area contributed by atoms with E-state index in [0.29, 0.717) is 11.4 Å². The Morgan fingerprint density at radius 3 is 2.82 bits per heavy atom. The predicted octanol–water partition coefficient (Wildman–Crippen LogP) is 1.82. The average Bonchev–Trinajstić information content (AvgIpc) is 3.10. The standard InChI is InChI=1S/C15H15FN2O4/c1-22-10-2-3-11-9(6-10)7-12(17-11)13(19)18-5-4-15(16,8-18)14(20)21/h2-3,6-7,17H,4-5,8H2,1H3,(H,20,21). The molecule has 1 saturated heterocycles. The largest absolute Gasteiger partial charge is 0.497 e. The molecule has 1 atom stereocenters. The van der Waals surface area contributed by atoms with Gasteiger partial charge in [-0.2, -0.15) is 0 Å². The predicted molar refractivity (Wildman–Crippen MR) is 76.8 cm³/mol. The third kappa shape index (κ3) is 2.28. The second-order valence-corrected chi connectivity index (χ2v) is 5.38. The number of aromatic amines is 1. The van der Waals surface area contributed by atoms with E-state index in [2.05, 4.69) is 4.98 Å². The van der Waals surface area contributed by atoms with Crippen molar-refractivity contribution in [1.29, 1.82) is 0 Å². The summed E-state index contributed by atoms with van der Waals surface area (Å²) in [7, 11) is 1.55. The Kier molecular flexibility index (Phi) is 3.27. The fourth-order valence-electron chi connectivity index (χ4n) is 2.64. The lowest BCUT2D eigenvalue weighted by atomic mass is 10.1. The monoisotopic (exact) mass is 306 g/mol. The van der Waals surface area contributed by atoms with Crippen molar-refractivity contribution in [1.82, 2.24) is 9.88 Å². The van der Waals surface area contributed by atoms with Gasteiger partial charge >= 0.3 is 5.97 Å². The summed E-state index contributed by atoms with van der Waals surface area (Å²) in [5.41, 5.74) is -1.30. The molecule has 0 spiro atoms. The minimum Gasteiger partial charge on any atom is -0.497 e. The molecule has 1 aliphatic heterocycles. The third-order valence-corrected chi connectivity index (χ3v) is 3.95. The molecule has 2 heterocycles. The number of aliphatic carboxylic acids is 1. The number of hydrogen-bond donors (Lipinski definition) is 2. The van der Waals surface area contributed by atoms with Crippen LogP contribution in [0.3, 0.4) is 0 Å². The van der Waals surface area contributed by atoms with Crippen molar-refractivity contribution in [3.63, 3.8) is 0 Å². The Morgan fingerprint density at radius 1 is 1.41 bits per heavy atom. The maximum Gasteiger partial charge on any atom is 0.343 e. The quantitative estimate of drug-likeness (QED) is 0.906. The zero-order valence-electron chi connectivity index (χ0n) is 11.9. The van der Waals surface area contributed by atoms with Gasteiger partial charge in [0.25, 0.3) is 5.91 Å². The molecule has 0 saturated carbocycles. The van der Waals surface area contributed by atoms with Gasteiger partial charge in [-0.1, -0.05) is 0 Å². The smallest absolute Gasteiger partial charge is 0.343 e. The highest BCUT2D eigenvalue weighted by atomic mass is 19.1. The van der Waals surface area contributed by atoms with E-state index in [-0.39, 0.29) is 13.0 Å². The van der Waals surface area contributed by atoms with E-state index in [1.165, 1.54) is 4.90 Å². The van der Waals surface area contributed by atoms with E-state index in [9.17, 15) is 14.0 Å². The van der Waals surface area contributed by atoms with Gasteiger partial charge in [-0.05, 0) is 24.3 Å². The van der Waals surface area contributed by atoms with Crippen LogP contribution in [0.5, 0.6) is 5.75 Å². The first kappa shape index (κ1) is 14.4. The van der Waals surface area contributed by atoms with Crippen LogP contribution in [0.1, 0.15) is 16.9 Å². The van der Waals surface area contributed by atoms with Gasteiger partial charge in [-0.15, -0.1) is 0 Å². The summed E-state index contributed by atoms with van der Waals surface area (Å²) < 4.78 is 19.2. The number of alkyl halides is 1. The summed E-state index contributed by atoms with van der Waals surface area (Å²) in [6.07, 6.45) is -0.192. The molecule has 0 aliphatic carbocycles. The SMILES string of the molecule is COc1ccc2[nH]c(C(=O)N3CCC(F)(C(=O)O)C3)cc2c1. The van der Waals surface area contributed by atoms with Crippen LogP contribution in [0, 0.1) is 0 Å². The summed E-state index contributed by atoms with van der Waals surface area (Å²) in [4.78, 5) is 27.5. The lowest BCUT2D eigenvalue weighted by Crippen LogP contribution is -2.39. The summed E-state index contributed by atoms with van der Waals surface area (Å²) >= 11 is 0. The molecule has 1 fully saturated rings. The zero-order valence-corrected chi connectivity index (χ0v) is 11.9. The number of carboxylic acid groups (broad SMARTS) is 1. The Hall–Kier alpha value is -2.57. The Bertz CT molecular complexity index is 757. The van der Waals surface area contributed by atoms with Crippen LogP contribution >= 0.6 is 0 Å². The molecule has 1 aromatic carbocycles. The van der Waals surface area contributed by atoms with Crippen LogP contribution in [0.15, 0.2) is 24.3 Å². The third-order valence-electron chi connectivity index (χ3n) is 3.95. The van der Waals surface area contributed by atoms with Gasteiger partial charge in [-0.3, -0.25) is 4.79 Å². The van der Waals surface area contributed by atoms with E-state index in [1.54, 1.807) is 31.4 Å². The Balaban J connectivity index is 1.85. The van der Waals surface area contributed by atoms with Crippen LogP contribution in [-0.4, -0.2) is 52.7 Å². The number of H-pyrrole nitrogens is 1. The second kappa shape index (κ2) is 5.01. The fourth-order valence-corrected chi connectivity index (χ4v) is 2.64. The molecule has 3 rings (SSSR count). The molecule has 2 N–H and O–H groups in total. The van der Waals surface area contributed by atoms with Crippen molar-refractivity contribution in [3.8, 4) is 5.75 Å². The number of carbonyl (C=O) groups is 2. The Labute approximate surface area is 125 Å². The number of carbonyl (C=O) groups excluding carboxylic acids is 1.